The van der Waals surface area contributed by atoms with Gasteiger partial charge in [-0.25, -0.2) is 0 Å². The SMILES string of the molecule is Cc1cc(SC#N)ccc1NC(=O)CSc1ccc2c(c1)OCCO2. The van der Waals surface area contributed by atoms with Crippen molar-refractivity contribution in [3.05, 3.63) is 42.0 Å². The smallest absolute Gasteiger partial charge is 0.234 e. The minimum atomic E-state index is -0.0799. The standard InChI is InChI=1S/C18H16N2O3S2/c1-12-8-13(25-11-19)2-4-15(12)20-18(21)10-24-14-3-5-16-17(9-14)23-7-6-22-16/h2-5,8-9H,6-7,10H2,1H3,(H,20,21). The predicted molar refractivity (Wildman–Crippen MR) is 99.4 cm³/mol. The number of ether oxygens (including phenoxy) is 2. The maximum absolute atomic E-state index is 12.2. The van der Waals surface area contributed by atoms with Gasteiger partial charge in [0.15, 0.2) is 11.5 Å². The molecule has 0 fully saturated rings. The molecule has 1 aliphatic rings. The third-order valence-corrected chi connectivity index (χ3v) is 5.09. The van der Waals surface area contributed by atoms with E-state index >= 15 is 0 Å². The zero-order chi connectivity index (χ0) is 17.6. The molecule has 2 aromatic carbocycles. The van der Waals surface area contributed by atoms with E-state index in [1.165, 1.54) is 11.8 Å². The maximum Gasteiger partial charge on any atom is 0.234 e. The van der Waals surface area contributed by atoms with E-state index < -0.39 is 0 Å². The Labute approximate surface area is 154 Å². The van der Waals surface area contributed by atoms with Crippen LogP contribution < -0.4 is 14.8 Å². The van der Waals surface area contributed by atoms with Crippen molar-refractivity contribution in [2.24, 2.45) is 0 Å². The summed E-state index contributed by atoms with van der Waals surface area (Å²) in [5.41, 5.74) is 1.69. The Balaban J connectivity index is 1.57. The molecule has 0 unspecified atom stereocenters. The Morgan fingerprint density at radius 3 is 2.68 bits per heavy atom. The Bertz CT molecular complexity index is 834. The summed E-state index contributed by atoms with van der Waals surface area (Å²) in [4.78, 5) is 14.0. The second-order valence-electron chi connectivity index (χ2n) is 5.31. The van der Waals surface area contributed by atoms with E-state index in [2.05, 4.69) is 5.32 Å². The van der Waals surface area contributed by atoms with E-state index in [1.807, 2.05) is 48.7 Å². The Morgan fingerprint density at radius 2 is 1.92 bits per heavy atom. The number of nitrogens with one attached hydrogen (secondary N) is 1. The highest BCUT2D eigenvalue weighted by atomic mass is 32.2. The van der Waals surface area contributed by atoms with Crippen LogP contribution in [0.5, 0.6) is 11.5 Å². The van der Waals surface area contributed by atoms with Gasteiger partial charge in [-0.2, -0.15) is 5.26 Å². The molecule has 0 saturated heterocycles. The number of thioether (sulfide) groups is 2. The lowest BCUT2D eigenvalue weighted by molar-refractivity contribution is -0.113. The van der Waals surface area contributed by atoms with Gasteiger partial charge in [-0.3, -0.25) is 4.79 Å². The van der Waals surface area contributed by atoms with Crippen molar-refractivity contribution >= 4 is 35.1 Å². The molecule has 1 amide bonds. The van der Waals surface area contributed by atoms with Crippen molar-refractivity contribution < 1.29 is 14.3 Å². The van der Waals surface area contributed by atoms with Gasteiger partial charge in [0, 0.05) is 15.5 Å². The fourth-order valence-electron chi connectivity index (χ4n) is 2.34. The molecule has 1 heterocycles. The summed E-state index contributed by atoms with van der Waals surface area (Å²) < 4.78 is 11.0. The number of thiocyanates is 1. The van der Waals surface area contributed by atoms with Crippen molar-refractivity contribution in [2.45, 2.75) is 16.7 Å². The summed E-state index contributed by atoms with van der Waals surface area (Å²) in [6.45, 7) is 3.01. The molecule has 0 atom stereocenters. The number of fused-ring (bicyclic) bond motifs is 1. The van der Waals surface area contributed by atoms with Crippen LogP contribution in [0.4, 0.5) is 5.69 Å². The van der Waals surface area contributed by atoms with Crippen molar-refractivity contribution in [3.63, 3.8) is 0 Å². The van der Waals surface area contributed by atoms with E-state index in [1.54, 1.807) is 0 Å². The molecule has 0 bridgehead atoms. The van der Waals surface area contributed by atoms with E-state index in [4.69, 9.17) is 14.7 Å². The number of benzene rings is 2. The third-order valence-electron chi connectivity index (χ3n) is 3.52. The highest BCUT2D eigenvalue weighted by molar-refractivity contribution is 8.03. The Kier molecular flexibility index (Phi) is 5.74. The number of hydrogen-bond acceptors (Lipinski definition) is 6. The van der Waals surface area contributed by atoms with Gasteiger partial charge < -0.3 is 14.8 Å². The van der Waals surface area contributed by atoms with Gasteiger partial charge in [0.1, 0.15) is 18.6 Å². The Hall–Kier alpha value is -2.30. The van der Waals surface area contributed by atoms with Crippen molar-refractivity contribution in [3.8, 4) is 16.9 Å². The number of carbonyl (C=O) groups is 1. The molecule has 0 aliphatic carbocycles. The number of rotatable bonds is 5. The molecule has 7 heteroatoms. The van der Waals surface area contributed by atoms with Crippen LogP contribution in [0.15, 0.2) is 46.2 Å². The molecule has 1 aliphatic heterocycles. The third kappa shape index (κ3) is 4.62. The van der Waals surface area contributed by atoms with Crippen LogP contribution in [-0.2, 0) is 4.79 Å². The number of nitriles is 1. The fourth-order valence-corrected chi connectivity index (χ4v) is 3.54. The first-order valence-electron chi connectivity index (χ1n) is 7.64. The molecular formula is C18H16N2O3S2. The highest BCUT2D eigenvalue weighted by Gasteiger charge is 2.13. The van der Waals surface area contributed by atoms with Crippen molar-refractivity contribution in [1.82, 2.24) is 0 Å². The number of amides is 1. The summed E-state index contributed by atoms with van der Waals surface area (Å²) in [6.07, 6.45) is 0. The molecule has 0 saturated carbocycles. The molecule has 3 rings (SSSR count). The summed E-state index contributed by atoms with van der Waals surface area (Å²) in [5, 5.41) is 13.6. The van der Waals surface area contributed by atoms with E-state index in [0.717, 1.165) is 44.3 Å². The van der Waals surface area contributed by atoms with Gasteiger partial charge in [0.05, 0.1) is 5.75 Å². The molecule has 0 radical (unpaired) electrons. The lowest BCUT2D eigenvalue weighted by Gasteiger charge is -2.18. The van der Waals surface area contributed by atoms with E-state index in [-0.39, 0.29) is 5.91 Å². The van der Waals surface area contributed by atoms with Crippen molar-refractivity contribution in [2.75, 3.05) is 24.3 Å². The van der Waals surface area contributed by atoms with Crippen LogP contribution in [-0.4, -0.2) is 24.9 Å². The average Bonchev–Trinajstić information content (AvgIpc) is 2.62. The second-order valence-corrected chi connectivity index (χ2v) is 7.22. The largest absolute Gasteiger partial charge is 0.486 e. The van der Waals surface area contributed by atoms with Crippen LogP contribution >= 0.6 is 23.5 Å². The number of anilines is 1. The number of aryl methyl sites for hydroxylation is 1. The number of nitrogens with zero attached hydrogens (tertiary/aromatic N) is 1. The lowest BCUT2D eigenvalue weighted by Crippen LogP contribution is -2.16. The molecular weight excluding hydrogens is 356 g/mol. The molecule has 128 valence electrons. The zero-order valence-electron chi connectivity index (χ0n) is 13.6. The molecule has 2 aromatic rings. The van der Waals surface area contributed by atoms with Crippen LogP contribution in [0.3, 0.4) is 0 Å². The monoisotopic (exact) mass is 372 g/mol. The average molecular weight is 372 g/mol. The van der Waals surface area contributed by atoms with E-state index in [9.17, 15) is 4.79 Å². The first-order chi connectivity index (χ1) is 12.2. The van der Waals surface area contributed by atoms with Gasteiger partial charge in [-0.05, 0) is 60.6 Å². The van der Waals surface area contributed by atoms with Gasteiger partial charge in [-0.15, -0.1) is 11.8 Å². The Morgan fingerprint density at radius 1 is 1.16 bits per heavy atom. The van der Waals surface area contributed by atoms with E-state index in [0.29, 0.717) is 19.0 Å². The first kappa shape index (κ1) is 17.5. The topological polar surface area (TPSA) is 71.4 Å². The summed E-state index contributed by atoms with van der Waals surface area (Å²) in [6, 6.07) is 11.2. The van der Waals surface area contributed by atoms with Crippen LogP contribution in [0.2, 0.25) is 0 Å². The van der Waals surface area contributed by atoms with Crippen LogP contribution in [0, 0.1) is 17.6 Å². The zero-order valence-corrected chi connectivity index (χ0v) is 15.2. The second kappa shape index (κ2) is 8.19. The predicted octanol–water partition coefficient (Wildman–Crippen LogP) is 4.07. The molecule has 1 N–H and O–H groups in total. The van der Waals surface area contributed by atoms with Gasteiger partial charge in [-0.1, -0.05) is 0 Å². The highest BCUT2D eigenvalue weighted by Crippen LogP contribution is 2.34. The normalized spacial score (nSPS) is 12.3. The molecule has 5 nitrogen and oxygen atoms in total. The fraction of sp³-hybridized carbons (Fsp3) is 0.222. The summed E-state index contributed by atoms with van der Waals surface area (Å²) >= 11 is 2.55. The number of hydrogen-bond donors (Lipinski definition) is 1. The first-order valence-corrected chi connectivity index (χ1v) is 9.45. The van der Waals surface area contributed by atoms with Crippen molar-refractivity contribution in [1.29, 1.82) is 5.26 Å². The quantitative estimate of drug-likeness (QED) is 0.630. The molecule has 0 spiro atoms. The number of carbonyl (C=O) groups excluding carboxylic acids is 1. The van der Waals surface area contributed by atoms with Gasteiger partial charge >= 0.3 is 0 Å². The molecule has 0 aromatic heterocycles. The van der Waals surface area contributed by atoms with Gasteiger partial charge in [0.25, 0.3) is 0 Å². The maximum atomic E-state index is 12.2. The van der Waals surface area contributed by atoms with Gasteiger partial charge in [0.2, 0.25) is 5.91 Å². The lowest BCUT2D eigenvalue weighted by atomic mass is 10.2. The minimum Gasteiger partial charge on any atom is -0.486 e. The summed E-state index contributed by atoms with van der Waals surface area (Å²) in [7, 11) is 0. The van der Waals surface area contributed by atoms with Crippen LogP contribution in [0.1, 0.15) is 5.56 Å². The summed E-state index contributed by atoms with van der Waals surface area (Å²) in [5.74, 6) is 1.68. The molecule has 25 heavy (non-hydrogen) atoms. The van der Waals surface area contributed by atoms with Crippen LogP contribution in [0.25, 0.3) is 0 Å². The minimum absolute atomic E-state index is 0.0799.